The molecule has 0 aliphatic heterocycles. The molecule has 1 aromatic rings. The van der Waals surface area contributed by atoms with E-state index in [4.69, 9.17) is 5.26 Å². The molecule has 16 heavy (non-hydrogen) atoms. The van der Waals surface area contributed by atoms with Crippen LogP contribution < -0.4 is 0 Å². The lowest BCUT2D eigenvalue weighted by molar-refractivity contribution is 0.128. The van der Waals surface area contributed by atoms with Gasteiger partial charge in [0, 0.05) is 0 Å². The zero-order valence-corrected chi connectivity index (χ0v) is 10.2. The Labute approximate surface area is 97.5 Å². The highest BCUT2D eigenvalue weighted by molar-refractivity contribution is 5.36. The topological polar surface area (TPSA) is 44.0 Å². The first-order valence-corrected chi connectivity index (χ1v) is 5.75. The van der Waals surface area contributed by atoms with E-state index in [1.165, 1.54) is 0 Å². The highest BCUT2D eigenvalue weighted by Gasteiger charge is 2.22. The molecule has 2 heteroatoms. The Morgan fingerprint density at radius 2 is 1.88 bits per heavy atom. The number of aliphatic hydroxyl groups excluding tert-OH is 1. The summed E-state index contributed by atoms with van der Waals surface area (Å²) in [5.41, 5.74) is 3.04. The van der Waals surface area contributed by atoms with Crippen LogP contribution in [0, 0.1) is 31.1 Å². The number of aryl methyl sites for hydroxylation is 2. The average Bonchev–Trinajstić information content (AvgIpc) is 2.25. The van der Waals surface area contributed by atoms with Crippen molar-refractivity contribution >= 4 is 0 Å². The van der Waals surface area contributed by atoms with Crippen molar-refractivity contribution in [1.82, 2.24) is 0 Å². The quantitative estimate of drug-likeness (QED) is 0.841. The molecule has 0 heterocycles. The highest BCUT2D eigenvalue weighted by atomic mass is 16.3. The predicted molar refractivity (Wildman–Crippen MR) is 64.9 cm³/mol. The van der Waals surface area contributed by atoms with E-state index in [9.17, 15) is 5.11 Å². The number of nitrogens with zero attached hydrogens (tertiary/aromatic N) is 1. The smallest absolute Gasteiger partial charge is 0.0953 e. The Kier molecular flexibility index (Phi) is 4.52. The third-order valence-corrected chi connectivity index (χ3v) is 2.98. The van der Waals surface area contributed by atoms with Crippen molar-refractivity contribution in [3.8, 4) is 6.07 Å². The summed E-state index contributed by atoms with van der Waals surface area (Å²) in [5, 5.41) is 19.3. The molecular weight excluding hydrogens is 198 g/mol. The molecule has 1 rings (SSSR count). The Bertz CT molecular complexity index is 372. The lowest BCUT2D eigenvalue weighted by Gasteiger charge is -2.20. The van der Waals surface area contributed by atoms with Gasteiger partial charge in [-0.25, -0.2) is 0 Å². The van der Waals surface area contributed by atoms with E-state index >= 15 is 0 Å². The molecular formula is C14H19NO. The average molecular weight is 217 g/mol. The molecule has 1 aromatic carbocycles. The fourth-order valence-corrected chi connectivity index (χ4v) is 2.10. The Morgan fingerprint density at radius 1 is 1.31 bits per heavy atom. The summed E-state index contributed by atoms with van der Waals surface area (Å²) in [5.74, 6) is -0.301. The van der Waals surface area contributed by atoms with Crippen molar-refractivity contribution < 1.29 is 5.11 Å². The first-order chi connectivity index (χ1) is 7.61. The van der Waals surface area contributed by atoms with Crippen molar-refractivity contribution in [2.24, 2.45) is 5.92 Å². The van der Waals surface area contributed by atoms with Gasteiger partial charge in [0.25, 0.3) is 0 Å². The van der Waals surface area contributed by atoms with Gasteiger partial charge >= 0.3 is 0 Å². The van der Waals surface area contributed by atoms with Gasteiger partial charge in [0.1, 0.15) is 0 Å². The number of hydrogen-bond acceptors (Lipinski definition) is 2. The van der Waals surface area contributed by atoms with E-state index in [0.29, 0.717) is 0 Å². The summed E-state index contributed by atoms with van der Waals surface area (Å²) in [7, 11) is 0. The molecule has 2 nitrogen and oxygen atoms in total. The number of rotatable bonds is 4. The molecule has 0 saturated heterocycles. The number of aliphatic hydroxyl groups is 1. The molecule has 0 saturated carbocycles. The fraction of sp³-hybridized carbons (Fsp3) is 0.500. The van der Waals surface area contributed by atoms with E-state index in [0.717, 1.165) is 29.5 Å². The second-order valence-corrected chi connectivity index (χ2v) is 4.27. The van der Waals surface area contributed by atoms with Crippen molar-refractivity contribution in [1.29, 1.82) is 5.26 Å². The molecule has 86 valence electrons. The predicted octanol–water partition coefficient (Wildman–Crippen LogP) is 3.28. The summed E-state index contributed by atoms with van der Waals surface area (Å²) in [6.45, 7) is 5.99. The van der Waals surface area contributed by atoms with Gasteiger partial charge in [-0.1, -0.05) is 31.5 Å². The van der Waals surface area contributed by atoms with Gasteiger partial charge in [-0.3, -0.25) is 0 Å². The molecule has 0 aromatic heterocycles. The molecule has 0 aliphatic carbocycles. The molecule has 0 aliphatic rings. The monoisotopic (exact) mass is 217 g/mol. The van der Waals surface area contributed by atoms with Gasteiger partial charge in [0.15, 0.2) is 0 Å². The Morgan fingerprint density at radius 3 is 2.31 bits per heavy atom. The van der Waals surface area contributed by atoms with E-state index in [1.807, 2.05) is 39.0 Å². The summed E-state index contributed by atoms with van der Waals surface area (Å²) in [4.78, 5) is 0. The maximum atomic E-state index is 10.3. The van der Waals surface area contributed by atoms with Gasteiger partial charge in [-0.15, -0.1) is 0 Å². The third-order valence-electron chi connectivity index (χ3n) is 2.98. The van der Waals surface area contributed by atoms with Gasteiger partial charge < -0.3 is 5.11 Å². The molecule has 1 N–H and O–H groups in total. The van der Waals surface area contributed by atoms with Crippen LogP contribution in [0.15, 0.2) is 18.2 Å². The standard InChI is InChI=1S/C14H19NO/c1-4-6-12(9-15)14(16)13-10(2)7-5-8-11(13)3/h5,7-8,12,14,16H,4,6H2,1-3H3. The van der Waals surface area contributed by atoms with Crippen LogP contribution in [-0.2, 0) is 0 Å². The van der Waals surface area contributed by atoms with Crippen molar-refractivity contribution in [2.45, 2.75) is 39.7 Å². The highest BCUT2D eigenvalue weighted by Crippen LogP contribution is 2.29. The molecule has 0 radical (unpaired) electrons. The fourth-order valence-electron chi connectivity index (χ4n) is 2.10. The minimum Gasteiger partial charge on any atom is -0.387 e. The van der Waals surface area contributed by atoms with Crippen LogP contribution in [0.2, 0.25) is 0 Å². The third kappa shape index (κ3) is 2.62. The first kappa shape index (κ1) is 12.7. The number of nitriles is 1. The minimum absolute atomic E-state index is 0.301. The lowest BCUT2D eigenvalue weighted by Crippen LogP contribution is -2.13. The van der Waals surface area contributed by atoms with Crippen LogP contribution in [0.4, 0.5) is 0 Å². The van der Waals surface area contributed by atoms with Gasteiger partial charge in [0.2, 0.25) is 0 Å². The molecule has 0 spiro atoms. The molecule has 0 bridgehead atoms. The largest absolute Gasteiger partial charge is 0.387 e. The molecule has 2 unspecified atom stereocenters. The minimum atomic E-state index is -0.661. The van der Waals surface area contributed by atoms with Crippen LogP contribution in [0.1, 0.15) is 42.6 Å². The maximum absolute atomic E-state index is 10.3. The Hall–Kier alpha value is -1.33. The van der Waals surface area contributed by atoms with Crippen molar-refractivity contribution in [2.75, 3.05) is 0 Å². The van der Waals surface area contributed by atoms with E-state index in [-0.39, 0.29) is 5.92 Å². The summed E-state index contributed by atoms with van der Waals surface area (Å²) in [6, 6.07) is 8.14. The summed E-state index contributed by atoms with van der Waals surface area (Å²) < 4.78 is 0. The molecule has 0 amide bonds. The summed E-state index contributed by atoms with van der Waals surface area (Å²) in [6.07, 6.45) is 0.997. The first-order valence-electron chi connectivity index (χ1n) is 5.75. The SMILES string of the molecule is CCCC(C#N)C(O)c1c(C)cccc1C. The zero-order chi connectivity index (χ0) is 12.1. The van der Waals surface area contributed by atoms with Gasteiger partial charge in [-0.2, -0.15) is 5.26 Å². The van der Waals surface area contributed by atoms with Crippen LogP contribution in [-0.4, -0.2) is 5.11 Å². The second kappa shape index (κ2) is 5.67. The Balaban J connectivity index is 3.04. The second-order valence-electron chi connectivity index (χ2n) is 4.27. The van der Waals surface area contributed by atoms with Crippen LogP contribution in [0.5, 0.6) is 0 Å². The van der Waals surface area contributed by atoms with Crippen molar-refractivity contribution in [3.63, 3.8) is 0 Å². The zero-order valence-electron chi connectivity index (χ0n) is 10.2. The lowest BCUT2D eigenvalue weighted by atomic mass is 9.88. The van der Waals surface area contributed by atoms with E-state index < -0.39 is 6.10 Å². The van der Waals surface area contributed by atoms with Crippen LogP contribution in [0.3, 0.4) is 0 Å². The number of benzene rings is 1. The normalized spacial score (nSPS) is 14.2. The molecule has 0 fully saturated rings. The van der Waals surface area contributed by atoms with Crippen molar-refractivity contribution in [3.05, 3.63) is 34.9 Å². The van der Waals surface area contributed by atoms with E-state index in [2.05, 4.69) is 6.07 Å². The molecule has 2 atom stereocenters. The maximum Gasteiger partial charge on any atom is 0.0953 e. The van der Waals surface area contributed by atoms with Gasteiger partial charge in [-0.05, 0) is 37.0 Å². The van der Waals surface area contributed by atoms with Crippen LogP contribution in [0.25, 0.3) is 0 Å². The van der Waals surface area contributed by atoms with Crippen LogP contribution >= 0.6 is 0 Å². The van der Waals surface area contributed by atoms with Gasteiger partial charge in [0.05, 0.1) is 18.1 Å². The van der Waals surface area contributed by atoms with E-state index in [1.54, 1.807) is 0 Å². The summed E-state index contributed by atoms with van der Waals surface area (Å²) >= 11 is 0. The number of hydrogen-bond donors (Lipinski definition) is 1.